The van der Waals surface area contributed by atoms with Crippen LogP contribution in [0.4, 0.5) is 0 Å². The van der Waals surface area contributed by atoms with Crippen LogP contribution >= 0.6 is 34.5 Å². The number of benzene rings is 1. The third kappa shape index (κ3) is 4.22. The molecule has 0 aliphatic carbocycles. The molecule has 1 atom stereocenters. The van der Waals surface area contributed by atoms with E-state index in [0.29, 0.717) is 26.4 Å². The van der Waals surface area contributed by atoms with Crippen LogP contribution in [0.1, 0.15) is 10.6 Å². The van der Waals surface area contributed by atoms with E-state index >= 15 is 0 Å². The normalized spacial score (nSPS) is 13.2. The average molecular weight is 412 g/mol. The van der Waals surface area contributed by atoms with Gasteiger partial charge in [-0.15, -0.1) is 11.3 Å². The molecule has 3 aromatic rings. The first-order valence-electron chi connectivity index (χ1n) is 7.64. The highest BCUT2D eigenvalue weighted by Gasteiger charge is 2.36. The molecular weight excluding hydrogens is 397 g/mol. The van der Waals surface area contributed by atoms with E-state index in [9.17, 15) is 9.90 Å². The van der Waals surface area contributed by atoms with E-state index in [1.54, 1.807) is 30.3 Å². The fraction of sp³-hybridized carbons (Fsp3) is 0.167. The predicted molar refractivity (Wildman–Crippen MR) is 101 cm³/mol. The monoisotopic (exact) mass is 411 g/mol. The van der Waals surface area contributed by atoms with Crippen LogP contribution in [0.25, 0.3) is 0 Å². The van der Waals surface area contributed by atoms with Crippen LogP contribution in [0, 0.1) is 0 Å². The minimum absolute atomic E-state index is 0.0580. The summed E-state index contributed by atoms with van der Waals surface area (Å²) < 4.78 is 10.8. The van der Waals surface area contributed by atoms with Crippen molar-refractivity contribution in [2.24, 2.45) is 0 Å². The maximum atomic E-state index is 12.1. The van der Waals surface area contributed by atoms with E-state index in [-0.39, 0.29) is 13.2 Å². The predicted octanol–water partition coefficient (Wildman–Crippen LogP) is 4.08. The molecule has 136 valence electrons. The SMILES string of the molecule is O=C(COc1ccc(Cl)cc1Cl)NCC(O)(c1ccco1)c1cccs1. The number of aliphatic hydroxyl groups is 1. The lowest BCUT2D eigenvalue weighted by Crippen LogP contribution is -2.42. The summed E-state index contributed by atoms with van der Waals surface area (Å²) in [5.74, 6) is 0.297. The summed E-state index contributed by atoms with van der Waals surface area (Å²) in [5.41, 5.74) is -1.45. The number of carbonyl (C=O) groups is 1. The molecule has 1 unspecified atom stereocenters. The van der Waals surface area contributed by atoms with Crippen molar-refractivity contribution in [3.63, 3.8) is 0 Å². The van der Waals surface area contributed by atoms with E-state index in [4.69, 9.17) is 32.4 Å². The average Bonchev–Trinajstić information content (AvgIpc) is 3.32. The van der Waals surface area contributed by atoms with Crippen LogP contribution in [0.3, 0.4) is 0 Å². The number of hydrogen-bond donors (Lipinski definition) is 2. The second kappa shape index (κ2) is 8.14. The number of carbonyl (C=O) groups excluding carboxylic acids is 1. The smallest absolute Gasteiger partial charge is 0.258 e. The molecule has 0 fully saturated rings. The van der Waals surface area contributed by atoms with Crippen molar-refractivity contribution in [2.75, 3.05) is 13.2 Å². The Bertz CT molecular complexity index is 831. The van der Waals surface area contributed by atoms with Gasteiger partial charge in [0.05, 0.1) is 17.8 Å². The maximum Gasteiger partial charge on any atom is 0.258 e. The highest BCUT2D eigenvalue weighted by Crippen LogP contribution is 2.32. The summed E-state index contributed by atoms with van der Waals surface area (Å²) in [6, 6.07) is 11.7. The summed E-state index contributed by atoms with van der Waals surface area (Å²) in [5, 5.41) is 16.4. The Morgan fingerprint density at radius 2 is 2.12 bits per heavy atom. The Labute approximate surface area is 164 Å². The standard InChI is InChI=1S/C18H15Cl2NO4S/c19-12-5-6-14(13(20)9-12)25-10-17(22)21-11-18(23,15-3-1-7-24-15)16-4-2-8-26-16/h1-9,23H,10-11H2,(H,21,22). The molecule has 2 heterocycles. The minimum Gasteiger partial charge on any atom is -0.482 e. The number of halogens is 2. The van der Waals surface area contributed by atoms with Gasteiger partial charge in [-0.2, -0.15) is 0 Å². The Balaban J connectivity index is 1.63. The zero-order valence-electron chi connectivity index (χ0n) is 13.4. The molecule has 26 heavy (non-hydrogen) atoms. The van der Waals surface area contributed by atoms with E-state index in [2.05, 4.69) is 5.32 Å². The second-order valence-electron chi connectivity index (χ2n) is 5.46. The van der Waals surface area contributed by atoms with Crippen LogP contribution < -0.4 is 10.1 Å². The molecule has 1 amide bonds. The summed E-state index contributed by atoms with van der Waals surface area (Å²) in [7, 11) is 0. The Hall–Kier alpha value is -1.99. The van der Waals surface area contributed by atoms with Crippen molar-refractivity contribution in [3.05, 3.63) is 74.8 Å². The van der Waals surface area contributed by atoms with Crippen molar-refractivity contribution in [2.45, 2.75) is 5.60 Å². The molecular formula is C18H15Cl2NO4S. The van der Waals surface area contributed by atoms with Gasteiger partial charge < -0.3 is 19.6 Å². The van der Waals surface area contributed by atoms with Crippen LogP contribution in [0.2, 0.25) is 10.0 Å². The van der Waals surface area contributed by atoms with Gasteiger partial charge in [0.2, 0.25) is 0 Å². The molecule has 0 aliphatic rings. The first kappa shape index (κ1) is 18.8. The molecule has 2 N–H and O–H groups in total. The zero-order valence-corrected chi connectivity index (χ0v) is 15.8. The highest BCUT2D eigenvalue weighted by molar-refractivity contribution is 7.10. The van der Waals surface area contributed by atoms with E-state index in [1.807, 2.05) is 11.4 Å². The van der Waals surface area contributed by atoms with E-state index in [1.165, 1.54) is 23.7 Å². The van der Waals surface area contributed by atoms with Gasteiger partial charge in [0.1, 0.15) is 11.5 Å². The number of ether oxygens (including phenoxy) is 1. The van der Waals surface area contributed by atoms with Crippen molar-refractivity contribution < 1.29 is 19.1 Å². The number of thiophene rings is 1. The lowest BCUT2D eigenvalue weighted by atomic mass is 9.98. The molecule has 0 saturated carbocycles. The van der Waals surface area contributed by atoms with Crippen molar-refractivity contribution in [3.8, 4) is 5.75 Å². The quantitative estimate of drug-likeness (QED) is 0.614. The van der Waals surface area contributed by atoms with Gasteiger partial charge in [-0.3, -0.25) is 4.79 Å². The van der Waals surface area contributed by atoms with Gasteiger partial charge in [-0.25, -0.2) is 0 Å². The molecule has 0 spiro atoms. The van der Waals surface area contributed by atoms with Crippen molar-refractivity contribution in [1.29, 1.82) is 0 Å². The van der Waals surface area contributed by atoms with Gasteiger partial charge in [0.25, 0.3) is 5.91 Å². The minimum atomic E-state index is -1.45. The molecule has 0 bridgehead atoms. The van der Waals surface area contributed by atoms with Crippen LogP contribution in [0.5, 0.6) is 5.75 Å². The maximum absolute atomic E-state index is 12.1. The van der Waals surface area contributed by atoms with Gasteiger partial charge in [0.15, 0.2) is 12.2 Å². The third-order valence-electron chi connectivity index (χ3n) is 3.65. The molecule has 8 heteroatoms. The molecule has 2 aromatic heterocycles. The molecule has 0 saturated heterocycles. The largest absolute Gasteiger partial charge is 0.482 e. The van der Waals surface area contributed by atoms with Crippen LogP contribution in [0.15, 0.2) is 58.5 Å². The Morgan fingerprint density at radius 3 is 2.77 bits per heavy atom. The van der Waals surface area contributed by atoms with Gasteiger partial charge in [0, 0.05) is 9.90 Å². The highest BCUT2D eigenvalue weighted by atomic mass is 35.5. The number of nitrogens with one attached hydrogen (secondary N) is 1. The fourth-order valence-electron chi connectivity index (χ4n) is 2.34. The summed E-state index contributed by atoms with van der Waals surface area (Å²) >= 11 is 13.2. The van der Waals surface area contributed by atoms with E-state index < -0.39 is 11.5 Å². The first-order chi connectivity index (χ1) is 12.5. The summed E-state index contributed by atoms with van der Waals surface area (Å²) in [4.78, 5) is 12.8. The second-order valence-corrected chi connectivity index (χ2v) is 7.25. The Morgan fingerprint density at radius 1 is 1.27 bits per heavy atom. The number of rotatable bonds is 7. The number of hydrogen-bond acceptors (Lipinski definition) is 5. The number of amides is 1. The van der Waals surface area contributed by atoms with Gasteiger partial charge in [-0.1, -0.05) is 29.3 Å². The lowest BCUT2D eigenvalue weighted by Gasteiger charge is -2.25. The Kier molecular flexibility index (Phi) is 5.88. The lowest BCUT2D eigenvalue weighted by molar-refractivity contribution is -0.124. The van der Waals surface area contributed by atoms with Gasteiger partial charge in [-0.05, 0) is 41.8 Å². The van der Waals surface area contributed by atoms with Crippen molar-refractivity contribution >= 4 is 40.4 Å². The summed E-state index contributed by atoms with van der Waals surface area (Å²) in [6.07, 6.45) is 1.47. The molecule has 5 nitrogen and oxygen atoms in total. The van der Waals surface area contributed by atoms with Crippen LogP contribution in [-0.4, -0.2) is 24.2 Å². The van der Waals surface area contributed by atoms with Gasteiger partial charge >= 0.3 is 0 Å². The van der Waals surface area contributed by atoms with Crippen LogP contribution in [-0.2, 0) is 10.4 Å². The third-order valence-corrected chi connectivity index (χ3v) is 5.20. The first-order valence-corrected chi connectivity index (χ1v) is 9.27. The molecule has 3 rings (SSSR count). The fourth-order valence-corrected chi connectivity index (χ4v) is 3.63. The molecule has 1 aromatic carbocycles. The summed E-state index contributed by atoms with van der Waals surface area (Å²) in [6.45, 7) is -0.308. The number of furan rings is 1. The molecule has 0 radical (unpaired) electrons. The molecule has 0 aliphatic heterocycles. The van der Waals surface area contributed by atoms with Crippen molar-refractivity contribution in [1.82, 2.24) is 5.32 Å². The zero-order chi connectivity index (χ0) is 18.6. The van der Waals surface area contributed by atoms with E-state index in [0.717, 1.165) is 0 Å². The topological polar surface area (TPSA) is 71.7 Å².